The van der Waals surface area contributed by atoms with Crippen molar-refractivity contribution in [1.29, 1.82) is 0 Å². The zero-order valence-electron chi connectivity index (χ0n) is 12.1. The summed E-state index contributed by atoms with van der Waals surface area (Å²) in [6.07, 6.45) is -0.508. The van der Waals surface area contributed by atoms with E-state index >= 15 is 0 Å². The van der Waals surface area contributed by atoms with E-state index in [4.69, 9.17) is 4.74 Å². The Hall–Kier alpha value is -1.56. The maximum Gasteiger partial charge on any atom is 0.416 e. The third-order valence-electron chi connectivity index (χ3n) is 4.94. The van der Waals surface area contributed by atoms with Gasteiger partial charge in [-0.2, -0.15) is 13.2 Å². The van der Waals surface area contributed by atoms with Crippen LogP contribution < -0.4 is 5.32 Å². The van der Waals surface area contributed by atoms with Crippen LogP contribution in [0.1, 0.15) is 41.6 Å². The largest absolute Gasteiger partial charge is 0.416 e. The van der Waals surface area contributed by atoms with E-state index in [1.165, 1.54) is 12.1 Å². The molecule has 22 heavy (non-hydrogen) atoms. The zero-order valence-corrected chi connectivity index (χ0v) is 12.1. The van der Waals surface area contributed by atoms with Crippen molar-refractivity contribution in [3.05, 3.63) is 35.4 Å². The highest BCUT2D eigenvalue weighted by molar-refractivity contribution is 5.94. The summed E-state index contributed by atoms with van der Waals surface area (Å²) < 4.78 is 42.9. The molecule has 1 saturated carbocycles. The Labute approximate surface area is 126 Å². The van der Waals surface area contributed by atoms with Gasteiger partial charge in [-0.05, 0) is 55.4 Å². The molecule has 0 radical (unpaired) electrons. The van der Waals surface area contributed by atoms with E-state index in [9.17, 15) is 18.0 Å². The molecule has 1 aromatic carbocycles. The Kier molecular flexibility index (Phi) is 3.89. The van der Waals surface area contributed by atoms with Crippen molar-refractivity contribution in [1.82, 2.24) is 5.32 Å². The molecule has 3 nitrogen and oxygen atoms in total. The standard InChI is InChI=1S/C16H18F3NO2/c17-16(18,19)12-3-1-11(2-4-12)14(21)20-13-5-6-15(13)7-9-22-10-8-15/h1-4,13H,5-10H2,(H,20,21). The number of ether oxygens (including phenoxy) is 1. The lowest BCUT2D eigenvalue weighted by Gasteiger charge is -2.52. The third-order valence-corrected chi connectivity index (χ3v) is 4.94. The second kappa shape index (κ2) is 5.57. The van der Waals surface area contributed by atoms with Gasteiger partial charge in [0.1, 0.15) is 0 Å². The second-order valence-electron chi connectivity index (χ2n) is 6.11. The molecular formula is C16H18F3NO2. The molecule has 6 heteroatoms. The van der Waals surface area contributed by atoms with Crippen LogP contribution in [0.3, 0.4) is 0 Å². The van der Waals surface area contributed by atoms with Gasteiger partial charge in [0.2, 0.25) is 0 Å². The number of hydrogen-bond acceptors (Lipinski definition) is 2. The fourth-order valence-electron chi connectivity index (χ4n) is 3.35. The SMILES string of the molecule is O=C(NC1CCC12CCOCC2)c1ccc(C(F)(F)F)cc1. The van der Waals surface area contributed by atoms with Crippen LogP contribution in [0.4, 0.5) is 13.2 Å². The molecule has 1 aliphatic carbocycles. The normalized spacial score (nSPS) is 23.9. The van der Waals surface area contributed by atoms with E-state index in [2.05, 4.69) is 5.32 Å². The van der Waals surface area contributed by atoms with E-state index in [0.717, 1.165) is 37.8 Å². The quantitative estimate of drug-likeness (QED) is 0.909. The lowest BCUT2D eigenvalue weighted by molar-refractivity contribution is -0.137. The molecule has 1 heterocycles. The van der Waals surface area contributed by atoms with Crippen molar-refractivity contribution in [2.24, 2.45) is 5.41 Å². The average Bonchev–Trinajstić information content (AvgIpc) is 2.51. The molecule has 1 saturated heterocycles. The fourth-order valence-corrected chi connectivity index (χ4v) is 3.35. The van der Waals surface area contributed by atoms with Crippen molar-refractivity contribution in [2.45, 2.75) is 37.9 Å². The van der Waals surface area contributed by atoms with Crippen LogP contribution in [0.5, 0.6) is 0 Å². The molecule has 1 atom stereocenters. The number of alkyl halides is 3. The summed E-state index contributed by atoms with van der Waals surface area (Å²) in [4.78, 5) is 12.2. The minimum Gasteiger partial charge on any atom is -0.381 e. The lowest BCUT2D eigenvalue weighted by Crippen LogP contribution is -2.57. The Morgan fingerprint density at radius 1 is 1.14 bits per heavy atom. The Morgan fingerprint density at radius 3 is 2.27 bits per heavy atom. The van der Waals surface area contributed by atoms with Gasteiger partial charge in [-0.25, -0.2) is 0 Å². The summed E-state index contributed by atoms with van der Waals surface area (Å²) in [5.41, 5.74) is -0.351. The van der Waals surface area contributed by atoms with E-state index in [-0.39, 0.29) is 22.9 Å². The summed E-state index contributed by atoms with van der Waals surface area (Å²) in [6, 6.07) is 4.45. The number of benzene rings is 1. The van der Waals surface area contributed by atoms with Gasteiger partial charge in [0.15, 0.2) is 0 Å². The van der Waals surface area contributed by atoms with Crippen molar-refractivity contribution in [3.8, 4) is 0 Å². The smallest absolute Gasteiger partial charge is 0.381 e. The third kappa shape index (κ3) is 2.84. The van der Waals surface area contributed by atoms with Crippen molar-refractivity contribution >= 4 is 5.91 Å². The molecule has 1 spiro atoms. The average molecular weight is 313 g/mol. The highest BCUT2D eigenvalue weighted by Gasteiger charge is 2.48. The van der Waals surface area contributed by atoms with Crippen LogP contribution in [0.25, 0.3) is 0 Å². The van der Waals surface area contributed by atoms with Gasteiger partial charge < -0.3 is 10.1 Å². The summed E-state index contributed by atoms with van der Waals surface area (Å²) >= 11 is 0. The van der Waals surface area contributed by atoms with Gasteiger partial charge in [-0.3, -0.25) is 4.79 Å². The Bertz CT molecular complexity index is 548. The number of hydrogen-bond donors (Lipinski definition) is 1. The van der Waals surface area contributed by atoms with E-state index in [1.54, 1.807) is 0 Å². The number of halogens is 3. The molecule has 1 unspecified atom stereocenters. The first-order chi connectivity index (χ1) is 10.4. The fraction of sp³-hybridized carbons (Fsp3) is 0.562. The van der Waals surface area contributed by atoms with Gasteiger partial charge in [0.25, 0.3) is 5.91 Å². The molecule has 1 aliphatic heterocycles. The lowest BCUT2D eigenvalue weighted by atomic mass is 9.60. The van der Waals surface area contributed by atoms with Crippen molar-refractivity contribution in [2.75, 3.05) is 13.2 Å². The summed E-state index contributed by atoms with van der Waals surface area (Å²) in [7, 11) is 0. The van der Waals surface area contributed by atoms with E-state index in [0.29, 0.717) is 13.2 Å². The molecule has 0 bridgehead atoms. The molecule has 1 amide bonds. The summed E-state index contributed by atoms with van der Waals surface area (Å²) in [5.74, 6) is -0.302. The van der Waals surface area contributed by atoms with Crippen LogP contribution in [-0.2, 0) is 10.9 Å². The van der Waals surface area contributed by atoms with Crippen molar-refractivity contribution < 1.29 is 22.7 Å². The highest BCUT2D eigenvalue weighted by Crippen LogP contribution is 2.48. The zero-order chi connectivity index (χ0) is 15.8. The molecule has 1 aromatic rings. The first-order valence-corrected chi connectivity index (χ1v) is 7.47. The maximum absolute atomic E-state index is 12.5. The number of carbonyl (C=O) groups is 1. The Balaban J connectivity index is 1.65. The van der Waals surface area contributed by atoms with Gasteiger partial charge in [-0.15, -0.1) is 0 Å². The monoisotopic (exact) mass is 313 g/mol. The molecule has 2 aliphatic rings. The van der Waals surface area contributed by atoms with Crippen LogP contribution in [0.2, 0.25) is 0 Å². The first kappa shape index (κ1) is 15.3. The van der Waals surface area contributed by atoms with Crippen LogP contribution in [0.15, 0.2) is 24.3 Å². The number of nitrogens with one attached hydrogen (secondary N) is 1. The summed E-state index contributed by atoms with van der Waals surface area (Å²) in [5, 5.41) is 2.98. The molecule has 2 fully saturated rings. The molecule has 120 valence electrons. The summed E-state index contributed by atoms with van der Waals surface area (Å²) in [6.45, 7) is 1.43. The van der Waals surface area contributed by atoms with E-state index < -0.39 is 11.7 Å². The molecule has 1 N–H and O–H groups in total. The van der Waals surface area contributed by atoms with Gasteiger partial charge in [-0.1, -0.05) is 0 Å². The number of rotatable bonds is 2. The van der Waals surface area contributed by atoms with Crippen LogP contribution in [0, 0.1) is 5.41 Å². The minimum atomic E-state index is -4.38. The molecule has 3 rings (SSSR count). The Morgan fingerprint density at radius 2 is 1.77 bits per heavy atom. The second-order valence-corrected chi connectivity index (χ2v) is 6.11. The minimum absolute atomic E-state index is 0.103. The first-order valence-electron chi connectivity index (χ1n) is 7.47. The van der Waals surface area contributed by atoms with Crippen LogP contribution >= 0.6 is 0 Å². The predicted octanol–water partition coefficient (Wildman–Crippen LogP) is 3.39. The van der Waals surface area contributed by atoms with Gasteiger partial charge >= 0.3 is 6.18 Å². The molecular weight excluding hydrogens is 295 g/mol. The maximum atomic E-state index is 12.5. The van der Waals surface area contributed by atoms with Gasteiger partial charge in [0, 0.05) is 24.8 Å². The van der Waals surface area contributed by atoms with Gasteiger partial charge in [0.05, 0.1) is 5.56 Å². The van der Waals surface area contributed by atoms with Crippen LogP contribution in [-0.4, -0.2) is 25.2 Å². The number of carbonyl (C=O) groups excluding carboxylic acids is 1. The molecule has 0 aromatic heterocycles. The number of amides is 1. The highest BCUT2D eigenvalue weighted by atomic mass is 19.4. The van der Waals surface area contributed by atoms with E-state index in [1.807, 2.05) is 0 Å². The predicted molar refractivity (Wildman–Crippen MR) is 74.4 cm³/mol. The topological polar surface area (TPSA) is 38.3 Å². The van der Waals surface area contributed by atoms with Crippen molar-refractivity contribution in [3.63, 3.8) is 0 Å².